The maximum atomic E-state index is 3.68. The molecule has 2 fully saturated rings. The van der Waals surface area contributed by atoms with Crippen molar-refractivity contribution in [3.63, 3.8) is 0 Å². The van der Waals surface area contributed by atoms with Crippen LogP contribution in [0.5, 0.6) is 0 Å². The van der Waals surface area contributed by atoms with Gasteiger partial charge in [0.25, 0.3) is 0 Å². The van der Waals surface area contributed by atoms with Crippen LogP contribution in [0, 0.1) is 5.92 Å². The van der Waals surface area contributed by atoms with Gasteiger partial charge in [-0.1, -0.05) is 26.2 Å². The molecule has 2 aliphatic rings. The van der Waals surface area contributed by atoms with Crippen LogP contribution in [-0.4, -0.2) is 36.6 Å². The van der Waals surface area contributed by atoms with E-state index >= 15 is 0 Å². The van der Waals surface area contributed by atoms with E-state index in [1.54, 1.807) is 0 Å². The molecule has 2 rings (SSSR count). The molecule has 1 heterocycles. The number of piperidine rings is 1. The Morgan fingerprint density at radius 2 is 2.06 bits per heavy atom. The molecular formula is C15H30N2. The fourth-order valence-corrected chi connectivity index (χ4v) is 3.22. The lowest BCUT2D eigenvalue weighted by Gasteiger charge is -2.39. The third-order valence-corrected chi connectivity index (χ3v) is 4.75. The summed E-state index contributed by atoms with van der Waals surface area (Å²) in [4.78, 5) is 2.72. The minimum Gasteiger partial charge on any atom is -0.314 e. The molecule has 2 nitrogen and oxygen atoms in total. The van der Waals surface area contributed by atoms with Crippen LogP contribution in [0.1, 0.15) is 58.8 Å². The lowest BCUT2D eigenvalue weighted by Crippen LogP contribution is -2.48. The summed E-state index contributed by atoms with van der Waals surface area (Å²) in [6.07, 6.45) is 9.92. The summed E-state index contributed by atoms with van der Waals surface area (Å²) < 4.78 is 0. The van der Waals surface area contributed by atoms with Crippen LogP contribution in [0.4, 0.5) is 0 Å². The molecule has 1 saturated carbocycles. The van der Waals surface area contributed by atoms with E-state index in [1.807, 2.05) is 0 Å². The second-order valence-corrected chi connectivity index (χ2v) is 6.15. The molecule has 1 aliphatic heterocycles. The van der Waals surface area contributed by atoms with Gasteiger partial charge in [-0.3, -0.25) is 0 Å². The third kappa shape index (κ3) is 3.96. The lowest BCUT2D eigenvalue weighted by molar-refractivity contribution is 0.119. The van der Waals surface area contributed by atoms with E-state index in [2.05, 4.69) is 24.1 Å². The van der Waals surface area contributed by atoms with Gasteiger partial charge in [-0.25, -0.2) is 0 Å². The number of nitrogens with zero attached hydrogens (tertiary/aromatic N) is 1. The van der Waals surface area contributed by atoms with E-state index in [4.69, 9.17) is 0 Å². The Morgan fingerprint density at radius 3 is 2.65 bits per heavy atom. The van der Waals surface area contributed by atoms with Crippen molar-refractivity contribution in [2.45, 2.75) is 70.9 Å². The zero-order valence-corrected chi connectivity index (χ0v) is 11.8. The molecule has 0 aromatic carbocycles. The molecule has 0 radical (unpaired) electrons. The molecule has 2 heteroatoms. The van der Waals surface area contributed by atoms with Gasteiger partial charge in [0.2, 0.25) is 0 Å². The highest BCUT2D eigenvalue weighted by Crippen LogP contribution is 2.30. The van der Waals surface area contributed by atoms with E-state index in [9.17, 15) is 0 Å². The van der Waals surface area contributed by atoms with Gasteiger partial charge in [0.05, 0.1) is 0 Å². The average Bonchev–Trinajstić information content (AvgIpc) is 2.27. The van der Waals surface area contributed by atoms with Gasteiger partial charge >= 0.3 is 0 Å². The van der Waals surface area contributed by atoms with Crippen LogP contribution in [0.15, 0.2) is 0 Å². The normalized spacial score (nSPS) is 31.4. The number of nitrogens with one attached hydrogen (secondary N) is 1. The molecule has 1 N–H and O–H groups in total. The Balaban J connectivity index is 1.64. The highest BCUT2D eigenvalue weighted by molar-refractivity contribution is 4.83. The summed E-state index contributed by atoms with van der Waals surface area (Å²) in [5, 5.41) is 3.68. The molecular weight excluding hydrogens is 208 g/mol. The summed E-state index contributed by atoms with van der Waals surface area (Å²) in [7, 11) is 0. The minimum atomic E-state index is 0.782. The van der Waals surface area contributed by atoms with E-state index in [-0.39, 0.29) is 0 Å². The molecule has 0 aromatic heterocycles. The van der Waals surface area contributed by atoms with Crippen molar-refractivity contribution in [3.05, 3.63) is 0 Å². The summed E-state index contributed by atoms with van der Waals surface area (Å²) in [6.45, 7) is 8.53. The van der Waals surface area contributed by atoms with Crippen LogP contribution < -0.4 is 5.32 Å². The van der Waals surface area contributed by atoms with E-state index < -0.39 is 0 Å². The molecule has 100 valence electrons. The van der Waals surface area contributed by atoms with Crippen LogP contribution in [0.25, 0.3) is 0 Å². The second kappa shape index (κ2) is 6.75. The highest BCUT2D eigenvalue weighted by Gasteiger charge is 2.26. The van der Waals surface area contributed by atoms with Gasteiger partial charge in [0, 0.05) is 12.1 Å². The molecule has 0 bridgehead atoms. The topological polar surface area (TPSA) is 15.3 Å². The standard InChI is InChI=1S/C15H30N2/c1-3-9-16-15-8-11-17(13(2)12-15)10-7-14-5-4-6-14/h13-16H,3-12H2,1-2H3. The average molecular weight is 238 g/mol. The zero-order chi connectivity index (χ0) is 12.1. The van der Waals surface area contributed by atoms with E-state index in [1.165, 1.54) is 64.6 Å². The van der Waals surface area contributed by atoms with Gasteiger partial charge in [-0.15, -0.1) is 0 Å². The van der Waals surface area contributed by atoms with Crippen molar-refractivity contribution in [1.82, 2.24) is 10.2 Å². The van der Waals surface area contributed by atoms with E-state index in [0.29, 0.717) is 0 Å². The first-order valence-electron chi connectivity index (χ1n) is 7.77. The first-order chi connectivity index (χ1) is 8.29. The van der Waals surface area contributed by atoms with Gasteiger partial charge in [-0.05, 0) is 58.2 Å². The van der Waals surface area contributed by atoms with Crippen molar-refractivity contribution < 1.29 is 0 Å². The number of hydrogen-bond acceptors (Lipinski definition) is 2. The molecule has 2 atom stereocenters. The molecule has 1 aliphatic carbocycles. The van der Waals surface area contributed by atoms with Crippen molar-refractivity contribution >= 4 is 0 Å². The Bertz CT molecular complexity index is 213. The number of rotatable bonds is 6. The first kappa shape index (κ1) is 13.4. The van der Waals surface area contributed by atoms with Crippen LogP contribution >= 0.6 is 0 Å². The predicted molar refractivity (Wildman–Crippen MR) is 74.3 cm³/mol. The lowest BCUT2D eigenvalue weighted by atomic mass is 9.82. The molecule has 2 unspecified atom stereocenters. The second-order valence-electron chi connectivity index (χ2n) is 6.15. The number of hydrogen-bond donors (Lipinski definition) is 1. The van der Waals surface area contributed by atoms with Crippen molar-refractivity contribution in [2.24, 2.45) is 5.92 Å². The van der Waals surface area contributed by atoms with Gasteiger partial charge in [0.15, 0.2) is 0 Å². The van der Waals surface area contributed by atoms with Gasteiger partial charge < -0.3 is 10.2 Å². The summed E-state index contributed by atoms with van der Waals surface area (Å²) in [5.41, 5.74) is 0. The van der Waals surface area contributed by atoms with Crippen molar-refractivity contribution in [1.29, 1.82) is 0 Å². The molecule has 0 spiro atoms. The maximum absolute atomic E-state index is 3.68. The molecule has 17 heavy (non-hydrogen) atoms. The highest BCUT2D eigenvalue weighted by atomic mass is 15.2. The Morgan fingerprint density at radius 1 is 1.24 bits per heavy atom. The Hall–Kier alpha value is -0.0800. The van der Waals surface area contributed by atoms with Crippen LogP contribution in [0.2, 0.25) is 0 Å². The van der Waals surface area contributed by atoms with Gasteiger partial charge in [0.1, 0.15) is 0 Å². The third-order valence-electron chi connectivity index (χ3n) is 4.75. The molecule has 0 amide bonds. The quantitative estimate of drug-likeness (QED) is 0.765. The zero-order valence-electron chi connectivity index (χ0n) is 11.8. The van der Waals surface area contributed by atoms with Crippen LogP contribution in [0.3, 0.4) is 0 Å². The van der Waals surface area contributed by atoms with Crippen molar-refractivity contribution in [3.8, 4) is 0 Å². The predicted octanol–water partition coefficient (Wildman–Crippen LogP) is 3.03. The molecule has 1 saturated heterocycles. The fourth-order valence-electron chi connectivity index (χ4n) is 3.22. The molecule has 0 aromatic rings. The summed E-state index contributed by atoms with van der Waals surface area (Å²) in [5.74, 6) is 1.07. The van der Waals surface area contributed by atoms with Crippen molar-refractivity contribution in [2.75, 3.05) is 19.6 Å². The Kier molecular flexibility index (Phi) is 5.30. The smallest absolute Gasteiger partial charge is 0.00940 e. The fraction of sp³-hybridized carbons (Fsp3) is 1.00. The SMILES string of the molecule is CCCNC1CCN(CCC2CCC2)C(C)C1. The summed E-state index contributed by atoms with van der Waals surface area (Å²) >= 11 is 0. The monoisotopic (exact) mass is 238 g/mol. The largest absolute Gasteiger partial charge is 0.314 e. The van der Waals surface area contributed by atoms with Crippen LogP contribution in [-0.2, 0) is 0 Å². The summed E-state index contributed by atoms with van der Waals surface area (Å²) in [6, 6.07) is 1.57. The Labute approximate surface area is 107 Å². The van der Waals surface area contributed by atoms with E-state index in [0.717, 1.165) is 18.0 Å². The number of likely N-dealkylation sites (tertiary alicyclic amines) is 1. The minimum absolute atomic E-state index is 0.782. The first-order valence-corrected chi connectivity index (χ1v) is 7.77. The van der Waals surface area contributed by atoms with Gasteiger partial charge in [-0.2, -0.15) is 0 Å². The maximum Gasteiger partial charge on any atom is 0.00940 e.